The van der Waals surface area contributed by atoms with Crippen LogP contribution in [0.25, 0.3) is 6.08 Å². The number of para-hydroxylation sites is 1. The lowest BCUT2D eigenvalue weighted by atomic mass is 9.96. The lowest BCUT2D eigenvalue weighted by Crippen LogP contribution is -2.29. The van der Waals surface area contributed by atoms with Gasteiger partial charge < -0.3 is 0 Å². The number of hydrogen-bond acceptors (Lipinski definition) is 2. The van der Waals surface area contributed by atoms with Crippen molar-refractivity contribution in [3.63, 3.8) is 0 Å². The minimum atomic E-state index is -0.493. The van der Waals surface area contributed by atoms with Gasteiger partial charge in [0.25, 0.3) is 5.91 Å². The second-order valence-electron chi connectivity index (χ2n) is 6.16. The van der Waals surface area contributed by atoms with Crippen LogP contribution in [0.4, 0.5) is 5.69 Å². The highest BCUT2D eigenvalue weighted by atomic mass is 16.2. The number of rotatable bonds is 3. The van der Waals surface area contributed by atoms with E-state index in [1.165, 1.54) is 0 Å². The highest BCUT2D eigenvalue weighted by molar-refractivity contribution is 6.51. The third kappa shape index (κ3) is 2.84. The summed E-state index contributed by atoms with van der Waals surface area (Å²) in [5, 5.41) is 0. The lowest BCUT2D eigenvalue weighted by molar-refractivity contribution is -0.132. The standard InChI is InChI=1S/C23H17NO2/c25-22-20(16-17-10-4-1-5-11-17)21(18-12-6-2-7-13-18)24(23(22)26)19-14-8-3-9-15-19/h1-16,21H/b20-16-. The van der Waals surface area contributed by atoms with Crippen LogP contribution in [0.3, 0.4) is 0 Å². The van der Waals surface area contributed by atoms with E-state index in [0.717, 1.165) is 16.8 Å². The van der Waals surface area contributed by atoms with Gasteiger partial charge in [0.1, 0.15) is 0 Å². The van der Waals surface area contributed by atoms with Crippen LogP contribution in [-0.2, 0) is 9.59 Å². The molecule has 1 saturated heterocycles. The molecule has 1 unspecified atom stereocenters. The van der Waals surface area contributed by atoms with Crippen LogP contribution >= 0.6 is 0 Å². The Balaban J connectivity index is 1.89. The van der Waals surface area contributed by atoms with E-state index in [1.54, 1.807) is 4.90 Å². The summed E-state index contributed by atoms with van der Waals surface area (Å²) in [6, 6.07) is 28.2. The van der Waals surface area contributed by atoms with Crippen molar-refractivity contribution in [2.45, 2.75) is 6.04 Å². The van der Waals surface area contributed by atoms with Gasteiger partial charge in [-0.05, 0) is 29.3 Å². The lowest BCUT2D eigenvalue weighted by Gasteiger charge is -2.25. The summed E-state index contributed by atoms with van der Waals surface area (Å²) in [7, 11) is 0. The Kier molecular flexibility index (Phi) is 4.20. The molecule has 1 aliphatic heterocycles. The number of carbonyl (C=O) groups is 2. The van der Waals surface area contributed by atoms with Gasteiger partial charge in [-0.1, -0.05) is 78.9 Å². The first-order chi connectivity index (χ1) is 12.8. The number of amides is 1. The molecule has 0 N–H and O–H groups in total. The van der Waals surface area contributed by atoms with Crippen LogP contribution in [0, 0.1) is 0 Å². The molecule has 1 atom stereocenters. The largest absolute Gasteiger partial charge is 0.299 e. The molecule has 1 amide bonds. The molecule has 3 nitrogen and oxygen atoms in total. The fraction of sp³-hybridized carbons (Fsp3) is 0.0435. The Labute approximate surface area is 152 Å². The first-order valence-corrected chi connectivity index (χ1v) is 8.50. The third-order valence-electron chi connectivity index (χ3n) is 4.50. The average Bonchev–Trinajstić information content (AvgIpc) is 2.95. The van der Waals surface area contributed by atoms with Crippen LogP contribution < -0.4 is 4.90 Å². The van der Waals surface area contributed by atoms with Crippen LogP contribution in [0.15, 0.2) is 96.6 Å². The summed E-state index contributed by atoms with van der Waals surface area (Å²) < 4.78 is 0. The molecular weight excluding hydrogens is 322 g/mol. The van der Waals surface area contributed by atoms with Crippen LogP contribution in [-0.4, -0.2) is 11.7 Å². The fourth-order valence-electron chi connectivity index (χ4n) is 3.31. The maximum atomic E-state index is 12.8. The summed E-state index contributed by atoms with van der Waals surface area (Å²) >= 11 is 0. The van der Waals surface area contributed by atoms with Gasteiger partial charge in [-0.15, -0.1) is 0 Å². The summed E-state index contributed by atoms with van der Waals surface area (Å²) in [5.74, 6) is -0.946. The van der Waals surface area contributed by atoms with Crippen LogP contribution in [0.2, 0.25) is 0 Å². The molecule has 0 aromatic heterocycles. The Morgan fingerprint density at radius 2 is 1.23 bits per heavy atom. The van der Waals surface area contributed by atoms with Crippen molar-refractivity contribution >= 4 is 23.5 Å². The third-order valence-corrected chi connectivity index (χ3v) is 4.50. The molecule has 0 saturated carbocycles. The molecule has 3 aromatic carbocycles. The summed E-state index contributed by atoms with van der Waals surface area (Å²) in [6.45, 7) is 0. The van der Waals surface area contributed by atoms with E-state index >= 15 is 0 Å². The molecule has 1 heterocycles. The van der Waals surface area contributed by atoms with E-state index in [2.05, 4.69) is 0 Å². The Morgan fingerprint density at radius 3 is 1.85 bits per heavy atom. The van der Waals surface area contributed by atoms with Gasteiger partial charge in [-0.25, -0.2) is 0 Å². The molecule has 4 rings (SSSR count). The number of carbonyl (C=O) groups excluding carboxylic acids is 2. The molecule has 0 aliphatic carbocycles. The van der Waals surface area contributed by atoms with Crippen molar-refractivity contribution in [3.05, 3.63) is 108 Å². The second kappa shape index (κ2) is 6.81. The molecule has 0 spiro atoms. The van der Waals surface area contributed by atoms with E-state index in [0.29, 0.717) is 5.57 Å². The summed E-state index contributed by atoms with van der Waals surface area (Å²) in [6.07, 6.45) is 1.82. The summed E-state index contributed by atoms with van der Waals surface area (Å²) in [4.78, 5) is 27.2. The highest BCUT2D eigenvalue weighted by Gasteiger charge is 2.44. The van der Waals surface area contributed by atoms with Crippen molar-refractivity contribution in [2.24, 2.45) is 0 Å². The Morgan fingerprint density at radius 1 is 0.692 bits per heavy atom. The summed E-state index contributed by atoms with van der Waals surface area (Å²) in [5.41, 5.74) is 3.03. The molecule has 1 fully saturated rings. The van der Waals surface area contributed by atoms with Crippen molar-refractivity contribution in [2.75, 3.05) is 4.90 Å². The minimum Gasteiger partial charge on any atom is -0.294 e. The van der Waals surface area contributed by atoms with E-state index in [9.17, 15) is 9.59 Å². The maximum absolute atomic E-state index is 12.8. The number of anilines is 1. The molecule has 3 aromatic rings. The number of benzene rings is 3. The van der Waals surface area contributed by atoms with Gasteiger partial charge in [-0.3, -0.25) is 14.5 Å². The second-order valence-corrected chi connectivity index (χ2v) is 6.16. The van der Waals surface area contributed by atoms with E-state index in [-0.39, 0.29) is 0 Å². The Hall–Kier alpha value is -3.46. The van der Waals surface area contributed by atoms with E-state index in [1.807, 2.05) is 97.1 Å². The van der Waals surface area contributed by atoms with Crippen molar-refractivity contribution in [1.82, 2.24) is 0 Å². The highest BCUT2D eigenvalue weighted by Crippen LogP contribution is 2.39. The van der Waals surface area contributed by atoms with Gasteiger partial charge in [0.2, 0.25) is 5.78 Å². The topological polar surface area (TPSA) is 37.4 Å². The molecule has 0 bridgehead atoms. The van der Waals surface area contributed by atoms with Crippen molar-refractivity contribution < 1.29 is 9.59 Å². The minimum absolute atomic E-state index is 0.432. The number of nitrogens with zero attached hydrogens (tertiary/aromatic N) is 1. The maximum Gasteiger partial charge on any atom is 0.299 e. The zero-order chi connectivity index (χ0) is 17.9. The van der Waals surface area contributed by atoms with Gasteiger partial charge in [-0.2, -0.15) is 0 Å². The normalized spacial score (nSPS) is 18.5. The monoisotopic (exact) mass is 339 g/mol. The zero-order valence-electron chi connectivity index (χ0n) is 14.1. The number of ketones is 1. The van der Waals surface area contributed by atoms with Gasteiger partial charge >= 0.3 is 0 Å². The fourth-order valence-corrected chi connectivity index (χ4v) is 3.31. The molecule has 1 aliphatic rings. The first kappa shape index (κ1) is 16.0. The van der Waals surface area contributed by atoms with Gasteiger partial charge in [0, 0.05) is 11.3 Å². The van der Waals surface area contributed by atoms with Gasteiger partial charge in [0.15, 0.2) is 0 Å². The first-order valence-electron chi connectivity index (χ1n) is 8.50. The van der Waals surface area contributed by atoms with Gasteiger partial charge in [0.05, 0.1) is 6.04 Å². The van der Waals surface area contributed by atoms with Crippen molar-refractivity contribution in [3.8, 4) is 0 Å². The number of Topliss-reactive ketones (excluding diaryl/α,β-unsaturated/α-hetero) is 1. The van der Waals surface area contributed by atoms with E-state index < -0.39 is 17.7 Å². The molecule has 3 heteroatoms. The van der Waals surface area contributed by atoms with Crippen LogP contribution in [0.1, 0.15) is 17.2 Å². The van der Waals surface area contributed by atoms with E-state index in [4.69, 9.17) is 0 Å². The molecule has 126 valence electrons. The smallest absolute Gasteiger partial charge is 0.294 e. The Bertz CT molecular complexity index is 963. The predicted octanol–water partition coefficient (Wildman–Crippen LogP) is 4.43. The predicted molar refractivity (Wildman–Crippen MR) is 103 cm³/mol. The average molecular weight is 339 g/mol. The molecular formula is C23H17NO2. The molecule has 26 heavy (non-hydrogen) atoms. The molecule has 0 radical (unpaired) electrons. The van der Waals surface area contributed by atoms with Crippen molar-refractivity contribution in [1.29, 1.82) is 0 Å². The quantitative estimate of drug-likeness (QED) is 0.523. The number of hydrogen-bond donors (Lipinski definition) is 0. The SMILES string of the molecule is O=C1C(=O)N(c2ccccc2)C(c2ccccc2)/C1=C/c1ccccc1. The zero-order valence-corrected chi connectivity index (χ0v) is 14.1. The van der Waals surface area contributed by atoms with Crippen LogP contribution in [0.5, 0.6) is 0 Å².